The van der Waals surface area contributed by atoms with Crippen LogP contribution in [0.5, 0.6) is 0 Å². The van der Waals surface area contributed by atoms with Crippen molar-refractivity contribution in [1.82, 2.24) is 4.98 Å². The molecule has 0 amide bonds. The molecular weight excluding hydrogens is 320 g/mol. The Morgan fingerprint density at radius 1 is 1.53 bits per heavy atom. The highest BCUT2D eigenvalue weighted by molar-refractivity contribution is 9.10. The number of nitrogens with zero attached hydrogens (tertiary/aromatic N) is 2. The number of pyridine rings is 1. The second-order valence-corrected chi connectivity index (χ2v) is 5.91. The van der Waals surface area contributed by atoms with Gasteiger partial charge in [-0.1, -0.05) is 17.7 Å². The van der Waals surface area contributed by atoms with Gasteiger partial charge in [-0.15, -0.1) is 11.3 Å². The van der Waals surface area contributed by atoms with Gasteiger partial charge in [-0.3, -0.25) is 0 Å². The van der Waals surface area contributed by atoms with E-state index in [0.717, 1.165) is 23.4 Å². The Hall–Kier alpha value is -0.580. The van der Waals surface area contributed by atoms with Crippen LogP contribution in [0, 0.1) is 0 Å². The Kier molecular flexibility index (Phi) is 4.42. The fraction of sp³-hybridized carbons (Fsp3) is 0.250. The van der Waals surface area contributed by atoms with E-state index in [-0.39, 0.29) is 0 Å². The number of anilines is 1. The molecule has 5 heteroatoms. The first kappa shape index (κ1) is 12.9. The topological polar surface area (TPSA) is 16.1 Å². The minimum Gasteiger partial charge on any atom is -0.351 e. The van der Waals surface area contributed by atoms with E-state index in [1.807, 2.05) is 6.07 Å². The summed E-state index contributed by atoms with van der Waals surface area (Å²) in [5.41, 5.74) is 0. The standard InChI is InChI=1S/C12H12BrClN2S/c1-2-16(8-10-4-3-5-17-10)12-11(14)6-9(13)7-15-12/h3-7H,2,8H2,1H3. The zero-order valence-corrected chi connectivity index (χ0v) is 12.5. The van der Waals surface area contributed by atoms with Crippen molar-refractivity contribution in [3.63, 3.8) is 0 Å². The first-order valence-electron chi connectivity index (χ1n) is 5.29. The Labute approximate surface area is 118 Å². The summed E-state index contributed by atoms with van der Waals surface area (Å²) in [6.45, 7) is 3.84. The van der Waals surface area contributed by atoms with Crippen LogP contribution in [-0.4, -0.2) is 11.5 Å². The maximum absolute atomic E-state index is 6.21. The van der Waals surface area contributed by atoms with Gasteiger partial charge in [0.15, 0.2) is 0 Å². The van der Waals surface area contributed by atoms with E-state index >= 15 is 0 Å². The summed E-state index contributed by atoms with van der Waals surface area (Å²) >= 11 is 11.3. The minimum atomic E-state index is 0.679. The van der Waals surface area contributed by atoms with Crippen molar-refractivity contribution >= 4 is 44.7 Å². The van der Waals surface area contributed by atoms with Gasteiger partial charge < -0.3 is 4.90 Å². The number of rotatable bonds is 4. The molecule has 0 aliphatic heterocycles. The molecule has 0 N–H and O–H groups in total. The molecule has 0 fully saturated rings. The summed E-state index contributed by atoms with van der Waals surface area (Å²) in [6.07, 6.45) is 1.78. The molecule has 0 aromatic carbocycles. The maximum Gasteiger partial charge on any atom is 0.147 e. The number of thiophene rings is 1. The Balaban J connectivity index is 2.23. The molecule has 2 heterocycles. The summed E-state index contributed by atoms with van der Waals surface area (Å²) in [6, 6.07) is 6.06. The van der Waals surface area contributed by atoms with Crippen molar-refractivity contribution < 1.29 is 0 Å². The molecule has 0 spiro atoms. The molecule has 0 aliphatic carbocycles. The van der Waals surface area contributed by atoms with Crippen LogP contribution in [0.25, 0.3) is 0 Å². The molecule has 2 aromatic rings. The van der Waals surface area contributed by atoms with Gasteiger partial charge in [0, 0.05) is 22.1 Å². The molecule has 2 nitrogen and oxygen atoms in total. The Morgan fingerprint density at radius 3 is 2.94 bits per heavy atom. The van der Waals surface area contributed by atoms with Gasteiger partial charge in [-0.2, -0.15) is 0 Å². The highest BCUT2D eigenvalue weighted by atomic mass is 79.9. The monoisotopic (exact) mass is 330 g/mol. The predicted molar refractivity (Wildman–Crippen MR) is 78.0 cm³/mol. The average Bonchev–Trinajstić information content (AvgIpc) is 2.79. The highest BCUT2D eigenvalue weighted by Crippen LogP contribution is 2.27. The fourth-order valence-corrected chi connectivity index (χ4v) is 3.04. The van der Waals surface area contributed by atoms with Crippen molar-refractivity contribution in [2.75, 3.05) is 11.4 Å². The van der Waals surface area contributed by atoms with Crippen LogP contribution >= 0.6 is 38.9 Å². The Morgan fingerprint density at radius 2 is 2.35 bits per heavy atom. The number of aromatic nitrogens is 1. The van der Waals surface area contributed by atoms with Crippen LogP contribution < -0.4 is 4.90 Å². The van der Waals surface area contributed by atoms with Crippen LogP contribution in [0.1, 0.15) is 11.8 Å². The summed E-state index contributed by atoms with van der Waals surface area (Å²) in [5.74, 6) is 0.839. The van der Waals surface area contributed by atoms with Crippen molar-refractivity contribution in [2.24, 2.45) is 0 Å². The molecule has 2 rings (SSSR count). The van der Waals surface area contributed by atoms with Gasteiger partial charge >= 0.3 is 0 Å². The molecule has 0 atom stereocenters. The van der Waals surface area contributed by atoms with E-state index in [4.69, 9.17) is 11.6 Å². The zero-order chi connectivity index (χ0) is 12.3. The molecule has 17 heavy (non-hydrogen) atoms. The predicted octanol–water partition coefficient (Wildman–Crippen LogP) is 4.59. The smallest absolute Gasteiger partial charge is 0.147 e. The van der Waals surface area contributed by atoms with Gasteiger partial charge in [-0.05, 0) is 40.4 Å². The third-order valence-electron chi connectivity index (χ3n) is 2.40. The van der Waals surface area contributed by atoms with Crippen molar-refractivity contribution in [3.8, 4) is 0 Å². The molecule has 0 unspecified atom stereocenters. The normalized spacial score (nSPS) is 10.5. The average molecular weight is 332 g/mol. The van der Waals surface area contributed by atoms with Gasteiger partial charge in [0.1, 0.15) is 5.82 Å². The third kappa shape index (κ3) is 3.21. The van der Waals surface area contributed by atoms with Crippen molar-refractivity contribution in [1.29, 1.82) is 0 Å². The lowest BCUT2D eigenvalue weighted by Gasteiger charge is -2.22. The first-order valence-corrected chi connectivity index (χ1v) is 7.34. The quantitative estimate of drug-likeness (QED) is 0.815. The van der Waals surface area contributed by atoms with Gasteiger partial charge in [0.2, 0.25) is 0 Å². The number of hydrogen-bond donors (Lipinski definition) is 0. The lowest BCUT2D eigenvalue weighted by Crippen LogP contribution is -2.22. The van der Waals surface area contributed by atoms with E-state index in [2.05, 4.69) is 50.3 Å². The second kappa shape index (κ2) is 5.85. The summed E-state index contributed by atoms with van der Waals surface area (Å²) in [5, 5.41) is 2.76. The molecule has 90 valence electrons. The lowest BCUT2D eigenvalue weighted by molar-refractivity contribution is 0.823. The Bertz CT molecular complexity index is 487. The van der Waals surface area contributed by atoms with E-state index in [0.29, 0.717) is 5.02 Å². The minimum absolute atomic E-state index is 0.679. The third-order valence-corrected chi connectivity index (χ3v) is 3.97. The summed E-state index contributed by atoms with van der Waals surface area (Å²) in [4.78, 5) is 7.86. The SMILES string of the molecule is CCN(Cc1cccs1)c1ncc(Br)cc1Cl. The van der Waals surface area contributed by atoms with E-state index in [9.17, 15) is 0 Å². The van der Waals surface area contributed by atoms with Crippen LogP contribution in [0.3, 0.4) is 0 Å². The maximum atomic E-state index is 6.21. The molecular formula is C12H12BrClN2S. The second-order valence-electron chi connectivity index (χ2n) is 3.55. The number of hydrogen-bond acceptors (Lipinski definition) is 3. The summed E-state index contributed by atoms with van der Waals surface area (Å²) < 4.78 is 0.901. The molecule has 0 saturated heterocycles. The molecule has 0 radical (unpaired) electrons. The van der Waals surface area contributed by atoms with Crippen molar-refractivity contribution in [3.05, 3.63) is 44.1 Å². The fourth-order valence-electron chi connectivity index (χ4n) is 1.57. The van der Waals surface area contributed by atoms with E-state index in [1.54, 1.807) is 17.5 Å². The van der Waals surface area contributed by atoms with Crippen molar-refractivity contribution in [2.45, 2.75) is 13.5 Å². The largest absolute Gasteiger partial charge is 0.351 e. The molecule has 0 aliphatic rings. The zero-order valence-electron chi connectivity index (χ0n) is 9.36. The lowest BCUT2D eigenvalue weighted by atomic mass is 10.3. The first-order chi connectivity index (χ1) is 8.20. The van der Waals surface area contributed by atoms with Crippen LogP contribution in [-0.2, 0) is 6.54 Å². The number of halogens is 2. The van der Waals surface area contributed by atoms with E-state index in [1.165, 1.54) is 4.88 Å². The molecule has 0 bridgehead atoms. The van der Waals surface area contributed by atoms with Gasteiger partial charge in [-0.25, -0.2) is 4.98 Å². The van der Waals surface area contributed by atoms with Crippen LogP contribution in [0.2, 0.25) is 5.02 Å². The van der Waals surface area contributed by atoms with Gasteiger partial charge in [0.25, 0.3) is 0 Å². The highest BCUT2D eigenvalue weighted by Gasteiger charge is 2.11. The molecule has 0 saturated carbocycles. The summed E-state index contributed by atoms with van der Waals surface area (Å²) in [7, 11) is 0. The van der Waals surface area contributed by atoms with Crippen LogP contribution in [0.4, 0.5) is 5.82 Å². The van der Waals surface area contributed by atoms with Gasteiger partial charge in [0.05, 0.1) is 11.6 Å². The van der Waals surface area contributed by atoms with Crippen LogP contribution in [0.15, 0.2) is 34.2 Å². The molecule has 2 aromatic heterocycles. The van der Waals surface area contributed by atoms with E-state index < -0.39 is 0 Å².